The van der Waals surface area contributed by atoms with E-state index >= 15 is 0 Å². The maximum atomic E-state index is 14.1. The number of benzene rings is 2. The van der Waals surface area contributed by atoms with Gasteiger partial charge in [-0.1, -0.05) is 0 Å². The molecule has 0 bridgehead atoms. The number of carbonyl (C=O) groups excluding carboxylic acids is 2. The fourth-order valence-electron chi connectivity index (χ4n) is 3.18. The van der Waals surface area contributed by atoms with Crippen LogP contribution in [0.2, 0.25) is 0 Å². The first-order chi connectivity index (χ1) is 15.7. The van der Waals surface area contributed by atoms with Gasteiger partial charge in [-0.25, -0.2) is 14.4 Å². The molecule has 1 unspecified atom stereocenters. The lowest BCUT2D eigenvalue weighted by atomic mass is 10.2. The fourth-order valence-corrected chi connectivity index (χ4v) is 3.18. The van der Waals surface area contributed by atoms with Gasteiger partial charge in [-0.05, 0) is 43.3 Å². The summed E-state index contributed by atoms with van der Waals surface area (Å²) in [5.41, 5.74) is 11.6. The molecule has 168 valence electrons. The van der Waals surface area contributed by atoms with Gasteiger partial charge in [0.1, 0.15) is 40.4 Å². The van der Waals surface area contributed by atoms with Crippen LogP contribution in [0.1, 0.15) is 17.4 Å². The van der Waals surface area contributed by atoms with Crippen LogP contribution in [0.3, 0.4) is 0 Å². The number of rotatable bonds is 7. The molecular weight excluding hydrogens is 429 g/mol. The molecule has 2 amide bonds. The van der Waals surface area contributed by atoms with Crippen LogP contribution in [-0.2, 0) is 11.8 Å². The topological polar surface area (TPSA) is 151 Å². The number of nitrogens with one attached hydrogen (secondary N) is 1. The Morgan fingerprint density at radius 2 is 1.85 bits per heavy atom. The number of anilines is 1. The summed E-state index contributed by atoms with van der Waals surface area (Å²) in [6.45, 7) is 1.56. The molecule has 0 aliphatic carbocycles. The highest BCUT2D eigenvalue weighted by molar-refractivity contribution is 5.92. The van der Waals surface area contributed by atoms with E-state index in [9.17, 15) is 14.0 Å². The molecule has 10 nitrogen and oxygen atoms in total. The van der Waals surface area contributed by atoms with Crippen LogP contribution in [-0.4, -0.2) is 37.6 Å². The van der Waals surface area contributed by atoms with E-state index in [1.807, 2.05) is 0 Å². The Hall–Kier alpha value is -4.54. The van der Waals surface area contributed by atoms with Crippen LogP contribution < -0.4 is 21.5 Å². The van der Waals surface area contributed by atoms with E-state index in [2.05, 4.69) is 20.4 Å². The summed E-state index contributed by atoms with van der Waals surface area (Å²) in [7, 11) is 1.65. The Bertz CT molecular complexity index is 1370. The maximum Gasteiger partial charge on any atom is 0.267 e. The van der Waals surface area contributed by atoms with E-state index in [1.165, 1.54) is 29.1 Å². The average molecular weight is 449 g/mol. The first-order valence-corrected chi connectivity index (χ1v) is 9.86. The molecule has 0 spiro atoms. The molecule has 0 radical (unpaired) electrons. The second-order valence-electron chi connectivity index (χ2n) is 7.30. The van der Waals surface area contributed by atoms with Gasteiger partial charge in [-0.15, -0.1) is 0 Å². The Kier molecular flexibility index (Phi) is 5.61. The molecule has 33 heavy (non-hydrogen) atoms. The third-order valence-electron chi connectivity index (χ3n) is 4.92. The molecule has 1 atom stereocenters. The van der Waals surface area contributed by atoms with Gasteiger partial charge >= 0.3 is 0 Å². The molecule has 4 aromatic rings. The van der Waals surface area contributed by atoms with Crippen molar-refractivity contribution in [1.29, 1.82) is 0 Å². The predicted molar refractivity (Wildman–Crippen MR) is 119 cm³/mol. The van der Waals surface area contributed by atoms with Gasteiger partial charge < -0.3 is 21.5 Å². The van der Waals surface area contributed by atoms with E-state index in [0.29, 0.717) is 28.0 Å². The second kappa shape index (κ2) is 8.54. The summed E-state index contributed by atoms with van der Waals surface area (Å²) >= 11 is 0. The van der Waals surface area contributed by atoms with Crippen molar-refractivity contribution in [2.75, 3.05) is 5.32 Å². The van der Waals surface area contributed by atoms with Gasteiger partial charge in [0.05, 0.1) is 11.6 Å². The zero-order valence-electron chi connectivity index (χ0n) is 17.7. The lowest BCUT2D eigenvalue weighted by Crippen LogP contribution is -2.33. The number of fused-ring (bicyclic) bond motifs is 1. The highest BCUT2D eigenvalue weighted by Crippen LogP contribution is 2.32. The number of halogens is 1. The summed E-state index contributed by atoms with van der Waals surface area (Å²) in [6, 6.07) is 10.2. The highest BCUT2D eigenvalue weighted by Gasteiger charge is 2.15. The highest BCUT2D eigenvalue weighted by atomic mass is 19.1. The minimum atomic E-state index is -0.745. The Morgan fingerprint density at radius 3 is 2.52 bits per heavy atom. The first kappa shape index (κ1) is 21.7. The molecule has 2 aromatic carbocycles. The summed E-state index contributed by atoms with van der Waals surface area (Å²) in [6.07, 6.45) is 1.53. The molecular formula is C22H20FN7O3. The minimum absolute atomic E-state index is 0.0234. The number of aryl methyl sites for hydroxylation is 1. The zero-order valence-corrected chi connectivity index (χ0v) is 17.7. The third-order valence-corrected chi connectivity index (χ3v) is 4.92. The van der Waals surface area contributed by atoms with Crippen molar-refractivity contribution < 1.29 is 18.7 Å². The smallest absolute Gasteiger partial charge is 0.267 e. The molecule has 2 heterocycles. The summed E-state index contributed by atoms with van der Waals surface area (Å²) in [4.78, 5) is 31.6. The van der Waals surface area contributed by atoms with Crippen molar-refractivity contribution in [2.24, 2.45) is 18.5 Å². The van der Waals surface area contributed by atoms with Crippen LogP contribution in [0.4, 0.5) is 10.2 Å². The Labute approximate surface area is 187 Å². The summed E-state index contributed by atoms with van der Waals surface area (Å²) in [5, 5.41) is 7.44. The van der Waals surface area contributed by atoms with E-state index in [1.54, 1.807) is 38.2 Å². The normalized spacial score (nSPS) is 11.8. The number of nitrogens with two attached hydrogens (primary N) is 2. The van der Waals surface area contributed by atoms with E-state index in [-0.39, 0.29) is 17.3 Å². The Balaban J connectivity index is 1.63. The molecule has 4 rings (SSSR count). The van der Waals surface area contributed by atoms with Gasteiger partial charge in [-0.2, -0.15) is 5.10 Å². The quantitative estimate of drug-likeness (QED) is 0.392. The average Bonchev–Trinajstić information content (AvgIpc) is 3.18. The molecule has 5 N–H and O–H groups in total. The molecule has 0 aliphatic heterocycles. The van der Waals surface area contributed by atoms with Crippen LogP contribution >= 0.6 is 0 Å². The van der Waals surface area contributed by atoms with Crippen LogP contribution in [0.5, 0.6) is 11.5 Å². The van der Waals surface area contributed by atoms with Crippen molar-refractivity contribution >= 4 is 28.5 Å². The number of hydrogen-bond acceptors (Lipinski definition) is 7. The molecule has 0 saturated carbocycles. The molecule has 0 fully saturated rings. The number of hydrogen-bond donors (Lipinski definition) is 3. The zero-order chi connectivity index (χ0) is 23.7. The third kappa shape index (κ3) is 4.42. The first-order valence-electron chi connectivity index (χ1n) is 9.86. The number of nitrogens with zero attached hydrogens (tertiary/aromatic N) is 4. The van der Waals surface area contributed by atoms with E-state index < -0.39 is 23.7 Å². The SMILES string of the molecule is CC(Nc1cc(C(N)=O)nc(-c2ccc(Oc3ccc(F)c4c3cnn4C)cc2)n1)C(N)=O. The number of amides is 2. The van der Waals surface area contributed by atoms with Crippen molar-refractivity contribution in [1.82, 2.24) is 19.7 Å². The molecule has 0 aliphatic rings. The largest absolute Gasteiger partial charge is 0.457 e. The second-order valence-corrected chi connectivity index (χ2v) is 7.30. The minimum Gasteiger partial charge on any atom is -0.457 e. The molecule has 0 saturated heterocycles. The maximum absolute atomic E-state index is 14.1. The lowest BCUT2D eigenvalue weighted by molar-refractivity contribution is -0.118. The standard InChI is InChI=1S/C22H20FN7O3/c1-11(20(24)31)27-18-9-16(21(25)32)28-22(29-18)12-3-5-13(6-4-12)33-17-8-7-15(23)19-14(17)10-26-30(19)2/h3-11H,1-2H3,(H2,24,31)(H2,25,32)(H,27,28,29). The monoisotopic (exact) mass is 449 g/mol. The molecule has 2 aromatic heterocycles. The number of ether oxygens (including phenoxy) is 1. The van der Waals surface area contributed by atoms with Gasteiger partial charge in [0.25, 0.3) is 5.91 Å². The van der Waals surface area contributed by atoms with Crippen molar-refractivity contribution in [3.8, 4) is 22.9 Å². The van der Waals surface area contributed by atoms with Crippen molar-refractivity contribution in [2.45, 2.75) is 13.0 Å². The van der Waals surface area contributed by atoms with Crippen LogP contribution in [0.25, 0.3) is 22.3 Å². The number of aromatic nitrogens is 4. The van der Waals surface area contributed by atoms with E-state index in [0.717, 1.165) is 0 Å². The van der Waals surface area contributed by atoms with Crippen molar-refractivity contribution in [3.63, 3.8) is 0 Å². The van der Waals surface area contributed by atoms with Gasteiger partial charge in [0.2, 0.25) is 5.91 Å². The number of carbonyl (C=O) groups is 2. The fraction of sp³-hybridized carbons (Fsp3) is 0.136. The summed E-state index contributed by atoms with van der Waals surface area (Å²) in [5.74, 6) is -0.340. The Morgan fingerprint density at radius 1 is 1.12 bits per heavy atom. The lowest BCUT2D eigenvalue weighted by Gasteiger charge is -2.13. The molecule has 11 heteroatoms. The number of primary amides is 2. The van der Waals surface area contributed by atoms with Crippen LogP contribution in [0.15, 0.2) is 48.7 Å². The van der Waals surface area contributed by atoms with Gasteiger partial charge in [-0.3, -0.25) is 14.3 Å². The van der Waals surface area contributed by atoms with E-state index in [4.69, 9.17) is 16.2 Å². The van der Waals surface area contributed by atoms with Crippen LogP contribution in [0, 0.1) is 5.82 Å². The van der Waals surface area contributed by atoms with Crippen molar-refractivity contribution in [3.05, 3.63) is 60.2 Å². The predicted octanol–water partition coefficient (Wildman–Crippen LogP) is 2.35. The van der Waals surface area contributed by atoms with Gasteiger partial charge in [0.15, 0.2) is 5.82 Å². The summed E-state index contributed by atoms with van der Waals surface area (Å²) < 4.78 is 21.4. The van der Waals surface area contributed by atoms with Gasteiger partial charge in [0, 0.05) is 18.7 Å².